The number of hydrogen-bond donors (Lipinski definition) is 2. The number of aryl methyl sites for hydroxylation is 1. The zero-order valence-electron chi connectivity index (χ0n) is 11.5. The van der Waals surface area contributed by atoms with Gasteiger partial charge in [0.05, 0.1) is 0 Å². The van der Waals surface area contributed by atoms with Crippen molar-refractivity contribution in [3.05, 3.63) is 59.4 Å². The smallest absolute Gasteiger partial charge is 0.115 e. The number of benzene rings is 1. The number of pyridine rings is 1. The summed E-state index contributed by atoms with van der Waals surface area (Å²) in [5, 5.41) is 13.2. The van der Waals surface area contributed by atoms with E-state index in [1.165, 1.54) is 29.5 Å². The quantitative estimate of drug-likeness (QED) is 0.896. The van der Waals surface area contributed by atoms with E-state index < -0.39 is 0 Å². The number of aromatic nitrogens is 1. The molecule has 0 amide bonds. The predicted octanol–water partition coefficient (Wildman–Crippen LogP) is 3.00. The van der Waals surface area contributed by atoms with Crippen LogP contribution in [0.1, 0.15) is 35.6 Å². The van der Waals surface area contributed by atoms with Crippen LogP contribution in [0.3, 0.4) is 0 Å². The predicted molar refractivity (Wildman–Crippen MR) is 79.7 cm³/mol. The minimum Gasteiger partial charge on any atom is -0.508 e. The second-order valence-corrected chi connectivity index (χ2v) is 5.39. The Hall–Kier alpha value is -1.87. The van der Waals surface area contributed by atoms with Gasteiger partial charge in [-0.05, 0) is 73.2 Å². The van der Waals surface area contributed by atoms with E-state index in [0.717, 1.165) is 19.4 Å². The van der Waals surface area contributed by atoms with Crippen LogP contribution in [0.25, 0.3) is 0 Å². The summed E-state index contributed by atoms with van der Waals surface area (Å²) in [5.41, 5.74) is 3.95. The molecular weight excluding hydrogens is 248 g/mol. The minimum atomic E-state index is 0.376. The van der Waals surface area contributed by atoms with Gasteiger partial charge in [-0.1, -0.05) is 6.07 Å². The number of aromatic hydroxyl groups is 1. The molecule has 1 unspecified atom stereocenters. The largest absolute Gasteiger partial charge is 0.508 e. The lowest BCUT2D eigenvalue weighted by atomic mass is 9.87. The second-order valence-electron chi connectivity index (χ2n) is 5.39. The third-order valence-corrected chi connectivity index (χ3v) is 3.99. The van der Waals surface area contributed by atoms with Crippen LogP contribution in [0, 0.1) is 0 Å². The summed E-state index contributed by atoms with van der Waals surface area (Å²) in [6.45, 7) is 0.967. The summed E-state index contributed by atoms with van der Waals surface area (Å²) >= 11 is 0. The summed E-state index contributed by atoms with van der Waals surface area (Å²) in [4.78, 5) is 4.04. The molecule has 0 saturated carbocycles. The molecule has 0 spiro atoms. The summed E-state index contributed by atoms with van der Waals surface area (Å²) < 4.78 is 0. The number of rotatable bonds is 4. The highest BCUT2D eigenvalue weighted by molar-refractivity contribution is 5.38. The lowest BCUT2D eigenvalue weighted by Gasteiger charge is -2.26. The van der Waals surface area contributed by atoms with E-state index in [1.54, 1.807) is 6.07 Å². The Morgan fingerprint density at radius 1 is 1.20 bits per heavy atom. The van der Waals surface area contributed by atoms with E-state index in [1.807, 2.05) is 18.5 Å². The normalized spacial score (nSPS) is 17.7. The molecule has 1 atom stereocenters. The summed E-state index contributed by atoms with van der Waals surface area (Å²) in [7, 11) is 0. The summed E-state index contributed by atoms with van der Waals surface area (Å²) in [5.74, 6) is 0.376. The Labute approximate surface area is 119 Å². The maximum absolute atomic E-state index is 9.57. The number of fused-ring (bicyclic) bond motifs is 1. The van der Waals surface area contributed by atoms with Gasteiger partial charge >= 0.3 is 0 Å². The maximum atomic E-state index is 9.57. The van der Waals surface area contributed by atoms with Crippen molar-refractivity contribution < 1.29 is 5.11 Å². The fraction of sp³-hybridized carbons (Fsp3) is 0.353. The Kier molecular flexibility index (Phi) is 3.97. The van der Waals surface area contributed by atoms with Gasteiger partial charge in [-0.2, -0.15) is 0 Å². The Bertz CT molecular complexity index is 568. The van der Waals surface area contributed by atoms with Crippen LogP contribution in [0.15, 0.2) is 42.7 Å². The first kappa shape index (κ1) is 13.1. The van der Waals surface area contributed by atoms with Gasteiger partial charge in [0.25, 0.3) is 0 Å². The number of hydrogen-bond acceptors (Lipinski definition) is 3. The molecule has 20 heavy (non-hydrogen) atoms. The van der Waals surface area contributed by atoms with Crippen LogP contribution in [0.5, 0.6) is 5.75 Å². The molecule has 0 radical (unpaired) electrons. The van der Waals surface area contributed by atoms with Crippen molar-refractivity contribution in [2.24, 2.45) is 0 Å². The number of nitrogens with one attached hydrogen (secondary N) is 1. The van der Waals surface area contributed by atoms with Crippen LogP contribution in [0.2, 0.25) is 0 Å². The fourth-order valence-corrected chi connectivity index (χ4v) is 2.95. The van der Waals surface area contributed by atoms with Crippen molar-refractivity contribution >= 4 is 0 Å². The van der Waals surface area contributed by atoms with Crippen LogP contribution >= 0.6 is 0 Å². The SMILES string of the molecule is Oc1ccc2c(c1)CCCC2NCCc1ccncc1. The molecule has 0 bridgehead atoms. The Balaban J connectivity index is 1.62. The zero-order chi connectivity index (χ0) is 13.8. The van der Waals surface area contributed by atoms with Crippen LogP contribution in [0.4, 0.5) is 0 Å². The average molecular weight is 268 g/mol. The lowest BCUT2D eigenvalue weighted by molar-refractivity contribution is 0.452. The first-order valence-corrected chi connectivity index (χ1v) is 7.27. The van der Waals surface area contributed by atoms with Gasteiger partial charge in [0, 0.05) is 18.4 Å². The van der Waals surface area contributed by atoms with Gasteiger partial charge < -0.3 is 10.4 Å². The molecule has 3 rings (SSSR count). The average Bonchev–Trinajstić information content (AvgIpc) is 2.48. The topological polar surface area (TPSA) is 45.1 Å². The molecule has 1 aliphatic carbocycles. The van der Waals surface area contributed by atoms with Gasteiger partial charge in [-0.3, -0.25) is 4.98 Å². The van der Waals surface area contributed by atoms with E-state index in [0.29, 0.717) is 11.8 Å². The molecule has 3 heteroatoms. The van der Waals surface area contributed by atoms with E-state index in [4.69, 9.17) is 0 Å². The fourth-order valence-electron chi connectivity index (χ4n) is 2.95. The van der Waals surface area contributed by atoms with Crippen molar-refractivity contribution in [3.8, 4) is 5.75 Å². The number of nitrogens with zero attached hydrogens (tertiary/aromatic N) is 1. The minimum absolute atomic E-state index is 0.376. The highest BCUT2D eigenvalue weighted by Gasteiger charge is 2.19. The third-order valence-electron chi connectivity index (χ3n) is 3.99. The second kappa shape index (κ2) is 6.06. The van der Waals surface area contributed by atoms with Crippen molar-refractivity contribution in [1.82, 2.24) is 10.3 Å². The maximum Gasteiger partial charge on any atom is 0.115 e. The van der Waals surface area contributed by atoms with Crippen LogP contribution in [-0.4, -0.2) is 16.6 Å². The van der Waals surface area contributed by atoms with E-state index in [2.05, 4.69) is 28.5 Å². The van der Waals surface area contributed by atoms with Crippen molar-refractivity contribution in [2.45, 2.75) is 31.7 Å². The van der Waals surface area contributed by atoms with Gasteiger partial charge in [-0.25, -0.2) is 0 Å². The molecule has 2 N–H and O–H groups in total. The molecule has 1 aromatic heterocycles. The van der Waals surface area contributed by atoms with Gasteiger partial charge in [-0.15, -0.1) is 0 Å². The van der Waals surface area contributed by atoms with E-state index >= 15 is 0 Å². The molecule has 3 nitrogen and oxygen atoms in total. The molecule has 2 aromatic rings. The summed E-state index contributed by atoms with van der Waals surface area (Å²) in [6, 6.07) is 10.3. The van der Waals surface area contributed by atoms with Gasteiger partial charge in [0.2, 0.25) is 0 Å². The molecular formula is C17H20N2O. The Morgan fingerprint density at radius 3 is 2.90 bits per heavy atom. The lowest BCUT2D eigenvalue weighted by Crippen LogP contribution is -2.27. The number of phenolic OH excluding ortho intramolecular Hbond substituents is 1. The zero-order valence-corrected chi connectivity index (χ0v) is 11.5. The summed E-state index contributed by atoms with van der Waals surface area (Å²) in [6.07, 6.45) is 8.14. The highest BCUT2D eigenvalue weighted by atomic mass is 16.3. The van der Waals surface area contributed by atoms with Crippen molar-refractivity contribution in [3.63, 3.8) is 0 Å². The third kappa shape index (κ3) is 2.99. The molecule has 1 aromatic carbocycles. The van der Waals surface area contributed by atoms with E-state index in [-0.39, 0.29) is 0 Å². The van der Waals surface area contributed by atoms with Crippen molar-refractivity contribution in [1.29, 1.82) is 0 Å². The Morgan fingerprint density at radius 2 is 2.05 bits per heavy atom. The molecule has 1 heterocycles. The standard InChI is InChI=1S/C17H20N2O/c20-15-4-5-16-14(12-15)2-1-3-17(16)19-11-8-13-6-9-18-10-7-13/h4-7,9-10,12,17,19-20H,1-3,8,11H2. The highest BCUT2D eigenvalue weighted by Crippen LogP contribution is 2.31. The van der Waals surface area contributed by atoms with Gasteiger partial charge in [0.15, 0.2) is 0 Å². The van der Waals surface area contributed by atoms with Crippen molar-refractivity contribution in [2.75, 3.05) is 6.54 Å². The van der Waals surface area contributed by atoms with Crippen LogP contribution < -0.4 is 5.32 Å². The molecule has 104 valence electrons. The first-order valence-electron chi connectivity index (χ1n) is 7.27. The number of phenols is 1. The monoisotopic (exact) mass is 268 g/mol. The van der Waals surface area contributed by atoms with E-state index in [9.17, 15) is 5.11 Å². The molecule has 0 saturated heterocycles. The molecule has 0 fully saturated rings. The first-order chi connectivity index (χ1) is 9.83. The molecule has 0 aliphatic heterocycles. The molecule has 1 aliphatic rings. The van der Waals surface area contributed by atoms with Gasteiger partial charge in [0.1, 0.15) is 5.75 Å². The van der Waals surface area contributed by atoms with Crippen LogP contribution in [-0.2, 0) is 12.8 Å².